The average molecular weight is 329 g/mol. The van der Waals surface area contributed by atoms with Crippen LogP contribution in [-0.4, -0.2) is 32.2 Å². The number of carbonyl (C=O) groups is 2. The highest BCUT2D eigenvalue weighted by Gasteiger charge is 2.08. The van der Waals surface area contributed by atoms with Crippen LogP contribution >= 0.6 is 0 Å². The summed E-state index contributed by atoms with van der Waals surface area (Å²) < 4.78 is 15.2. The van der Waals surface area contributed by atoms with E-state index in [2.05, 4.69) is 5.32 Å². The van der Waals surface area contributed by atoms with E-state index >= 15 is 0 Å². The van der Waals surface area contributed by atoms with E-state index in [-0.39, 0.29) is 19.1 Å². The molecule has 0 aliphatic rings. The van der Waals surface area contributed by atoms with Gasteiger partial charge in [-0.25, -0.2) is 4.79 Å². The Bertz CT molecular complexity index is 672. The third-order valence-electron chi connectivity index (χ3n) is 3.09. The van der Waals surface area contributed by atoms with Gasteiger partial charge in [0.05, 0.1) is 7.11 Å². The predicted molar refractivity (Wildman–Crippen MR) is 87.7 cm³/mol. The number of methoxy groups -OCH3 is 1. The van der Waals surface area contributed by atoms with Crippen LogP contribution in [0.2, 0.25) is 0 Å². The van der Waals surface area contributed by atoms with Crippen LogP contribution in [0.4, 0.5) is 0 Å². The van der Waals surface area contributed by atoms with Crippen molar-refractivity contribution >= 4 is 11.9 Å². The lowest BCUT2D eigenvalue weighted by atomic mass is 10.2. The Hall–Kier alpha value is -3.02. The largest absolute Gasteiger partial charge is 0.497 e. The number of carbonyl (C=O) groups excluding carboxylic acids is 2. The second kappa shape index (κ2) is 9.19. The lowest BCUT2D eigenvalue weighted by Gasteiger charge is -2.08. The zero-order chi connectivity index (χ0) is 17.2. The topological polar surface area (TPSA) is 73.9 Å². The van der Waals surface area contributed by atoms with Crippen LogP contribution in [0.1, 0.15) is 5.56 Å². The highest BCUT2D eigenvalue weighted by molar-refractivity contribution is 5.80. The van der Waals surface area contributed by atoms with E-state index in [4.69, 9.17) is 14.2 Å². The minimum absolute atomic E-state index is 0.243. The molecule has 24 heavy (non-hydrogen) atoms. The first-order chi connectivity index (χ1) is 11.7. The van der Waals surface area contributed by atoms with Crippen molar-refractivity contribution in [1.29, 1.82) is 0 Å². The summed E-state index contributed by atoms with van der Waals surface area (Å²) >= 11 is 0. The molecule has 0 unspecified atom stereocenters. The number of hydrogen-bond donors (Lipinski definition) is 1. The van der Waals surface area contributed by atoms with Gasteiger partial charge >= 0.3 is 5.97 Å². The van der Waals surface area contributed by atoms with Gasteiger partial charge in [0.2, 0.25) is 0 Å². The van der Waals surface area contributed by atoms with Crippen molar-refractivity contribution in [3.63, 3.8) is 0 Å². The fourth-order valence-electron chi connectivity index (χ4n) is 1.88. The Morgan fingerprint density at radius 3 is 2.46 bits per heavy atom. The highest BCUT2D eigenvalue weighted by Crippen LogP contribution is 2.12. The van der Waals surface area contributed by atoms with Gasteiger partial charge in [0.25, 0.3) is 5.91 Å². The zero-order valence-electron chi connectivity index (χ0n) is 13.4. The first kappa shape index (κ1) is 17.3. The molecule has 0 bridgehead atoms. The van der Waals surface area contributed by atoms with E-state index in [0.717, 1.165) is 5.56 Å². The second-order valence-corrected chi connectivity index (χ2v) is 4.89. The van der Waals surface area contributed by atoms with Crippen LogP contribution in [0.5, 0.6) is 11.5 Å². The molecule has 0 fully saturated rings. The Labute approximate surface area is 140 Å². The third-order valence-corrected chi connectivity index (χ3v) is 3.09. The summed E-state index contributed by atoms with van der Waals surface area (Å²) in [6.07, 6.45) is 0. The molecule has 2 rings (SSSR count). The number of para-hydroxylation sites is 1. The molecule has 0 saturated heterocycles. The second-order valence-electron chi connectivity index (χ2n) is 4.89. The molecule has 0 spiro atoms. The van der Waals surface area contributed by atoms with Crippen LogP contribution < -0.4 is 14.8 Å². The first-order valence-corrected chi connectivity index (χ1v) is 7.40. The van der Waals surface area contributed by atoms with Crippen LogP contribution in [0.15, 0.2) is 54.6 Å². The standard InChI is InChI=1S/C18H19NO5/c1-22-16-9-5-6-14(10-16)11-19-17(20)12-24-18(21)13-23-15-7-3-2-4-8-15/h2-10H,11-13H2,1H3,(H,19,20). The fourth-order valence-corrected chi connectivity index (χ4v) is 1.88. The maximum absolute atomic E-state index is 11.7. The Balaban J connectivity index is 1.66. The van der Waals surface area contributed by atoms with Crippen molar-refractivity contribution in [3.8, 4) is 11.5 Å². The number of ether oxygens (including phenoxy) is 3. The lowest BCUT2D eigenvalue weighted by Crippen LogP contribution is -2.29. The summed E-state index contributed by atoms with van der Waals surface area (Å²) in [5.74, 6) is 0.296. The summed E-state index contributed by atoms with van der Waals surface area (Å²) in [6, 6.07) is 16.2. The SMILES string of the molecule is COc1cccc(CNC(=O)COC(=O)COc2ccccc2)c1. The first-order valence-electron chi connectivity index (χ1n) is 7.40. The molecule has 2 aromatic rings. The van der Waals surface area contributed by atoms with E-state index in [0.29, 0.717) is 18.0 Å². The number of benzene rings is 2. The molecule has 0 saturated carbocycles. The van der Waals surface area contributed by atoms with Gasteiger partial charge in [-0.2, -0.15) is 0 Å². The van der Waals surface area contributed by atoms with Crippen molar-refractivity contribution < 1.29 is 23.8 Å². The maximum Gasteiger partial charge on any atom is 0.344 e. The molecular weight excluding hydrogens is 310 g/mol. The monoisotopic (exact) mass is 329 g/mol. The average Bonchev–Trinajstić information content (AvgIpc) is 2.64. The fraction of sp³-hybridized carbons (Fsp3) is 0.222. The Kier molecular flexibility index (Phi) is 6.64. The molecule has 1 N–H and O–H groups in total. The van der Waals surface area contributed by atoms with Crippen molar-refractivity contribution in [2.24, 2.45) is 0 Å². The van der Waals surface area contributed by atoms with Crippen molar-refractivity contribution in [2.75, 3.05) is 20.3 Å². The molecule has 0 aromatic heterocycles. The highest BCUT2D eigenvalue weighted by atomic mass is 16.6. The van der Waals surface area contributed by atoms with Crippen LogP contribution in [0, 0.1) is 0 Å². The minimum Gasteiger partial charge on any atom is -0.497 e. The lowest BCUT2D eigenvalue weighted by molar-refractivity contribution is -0.150. The van der Waals surface area contributed by atoms with Gasteiger partial charge in [0, 0.05) is 6.54 Å². The van der Waals surface area contributed by atoms with Crippen LogP contribution in [-0.2, 0) is 20.9 Å². The van der Waals surface area contributed by atoms with Crippen molar-refractivity contribution in [2.45, 2.75) is 6.54 Å². The number of esters is 1. The third kappa shape index (κ3) is 6.00. The number of nitrogens with one attached hydrogen (secondary N) is 1. The molecule has 0 aliphatic carbocycles. The molecule has 1 amide bonds. The van der Waals surface area contributed by atoms with Gasteiger partial charge < -0.3 is 19.5 Å². The van der Waals surface area contributed by atoms with Gasteiger partial charge in [0.1, 0.15) is 11.5 Å². The van der Waals surface area contributed by atoms with Crippen molar-refractivity contribution in [3.05, 3.63) is 60.2 Å². The van der Waals surface area contributed by atoms with E-state index < -0.39 is 5.97 Å². The molecule has 6 heteroatoms. The van der Waals surface area contributed by atoms with E-state index in [1.807, 2.05) is 30.3 Å². The van der Waals surface area contributed by atoms with E-state index in [1.165, 1.54) is 0 Å². The maximum atomic E-state index is 11.7. The van der Waals surface area contributed by atoms with Crippen LogP contribution in [0.25, 0.3) is 0 Å². The molecule has 0 aliphatic heterocycles. The van der Waals surface area contributed by atoms with E-state index in [9.17, 15) is 9.59 Å². The van der Waals surface area contributed by atoms with Gasteiger partial charge in [0.15, 0.2) is 13.2 Å². The molecular formula is C18H19NO5. The zero-order valence-corrected chi connectivity index (χ0v) is 13.4. The normalized spacial score (nSPS) is 9.88. The molecule has 0 heterocycles. The summed E-state index contributed by atoms with van der Waals surface area (Å²) in [5.41, 5.74) is 0.890. The Morgan fingerprint density at radius 2 is 1.71 bits per heavy atom. The van der Waals surface area contributed by atoms with Gasteiger partial charge in [-0.05, 0) is 29.8 Å². The molecule has 6 nitrogen and oxygen atoms in total. The molecule has 0 atom stereocenters. The smallest absolute Gasteiger partial charge is 0.344 e. The quantitative estimate of drug-likeness (QED) is 0.749. The number of rotatable bonds is 8. The number of amides is 1. The van der Waals surface area contributed by atoms with Crippen LogP contribution in [0.3, 0.4) is 0 Å². The predicted octanol–water partition coefficient (Wildman–Crippen LogP) is 1.93. The number of hydrogen-bond acceptors (Lipinski definition) is 5. The van der Waals surface area contributed by atoms with E-state index in [1.54, 1.807) is 31.4 Å². The van der Waals surface area contributed by atoms with Gasteiger partial charge in [-0.1, -0.05) is 30.3 Å². The molecule has 2 aromatic carbocycles. The summed E-state index contributed by atoms with van der Waals surface area (Å²) in [7, 11) is 1.58. The summed E-state index contributed by atoms with van der Waals surface area (Å²) in [6.45, 7) is -0.262. The minimum atomic E-state index is -0.601. The van der Waals surface area contributed by atoms with Gasteiger partial charge in [-0.3, -0.25) is 4.79 Å². The molecule has 126 valence electrons. The Morgan fingerprint density at radius 1 is 0.958 bits per heavy atom. The summed E-state index contributed by atoms with van der Waals surface area (Å²) in [5, 5.41) is 2.67. The summed E-state index contributed by atoms with van der Waals surface area (Å²) in [4.78, 5) is 23.2. The van der Waals surface area contributed by atoms with Crippen molar-refractivity contribution in [1.82, 2.24) is 5.32 Å². The van der Waals surface area contributed by atoms with Gasteiger partial charge in [-0.15, -0.1) is 0 Å². The molecule has 0 radical (unpaired) electrons.